The van der Waals surface area contributed by atoms with Crippen LogP contribution in [0.5, 0.6) is 0 Å². The standard InChI is InChI=1S/C15H24N4O/c16-12-8-13(19-14(18-12)11-4-5-11)17-9-15(10-20)6-2-1-3-7-15/h8,11,20H,1-7,9-10H2,(H3,16,17,18,19). The normalized spacial score (nSPS) is 21.6. The summed E-state index contributed by atoms with van der Waals surface area (Å²) in [4.78, 5) is 8.87. The summed E-state index contributed by atoms with van der Waals surface area (Å²) in [7, 11) is 0. The molecule has 0 atom stereocenters. The van der Waals surface area contributed by atoms with Crippen LogP contribution >= 0.6 is 0 Å². The number of aliphatic hydroxyl groups is 1. The number of hydrogen-bond acceptors (Lipinski definition) is 5. The second-order valence-electron chi connectivity index (χ2n) is 6.38. The van der Waals surface area contributed by atoms with Gasteiger partial charge in [-0.1, -0.05) is 19.3 Å². The van der Waals surface area contributed by atoms with E-state index in [2.05, 4.69) is 15.3 Å². The minimum absolute atomic E-state index is 0.0116. The monoisotopic (exact) mass is 276 g/mol. The van der Waals surface area contributed by atoms with E-state index in [-0.39, 0.29) is 12.0 Å². The third-order valence-corrected chi connectivity index (χ3v) is 4.60. The summed E-state index contributed by atoms with van der Waals surface area (Å²) < 4.78 is 0. The van der Waals surface area contributed by atoms with Crippen LogP contribution in [-0.4, -0.2) is 28.2 Å². The van der Waals surface area contributed by atoms with E-state index in [9.17, 15) is 5.11 Å². The van der Waals surface area contributed by atoms with Crippen molar-refractivity contribution in [3.05, 3.63) is 11.9 Å². The molecule has 110 valence electrons. The van der Waals surface area contributed by atoms with Gasteiger partial charge in [-0.25, -0.2) is 9.97 Å². The average Bonchev–Trinajstić information content (AvgIpc) is 3.30. The summed E-state index contributed by atoms with van der Waals surface area (Å²) >= 11 is 0. The van der Waals surface area contributed by atoms with Crippen LogP contribution in [0.4, 0.5) is 11.6 Å². The highest BCUT2D eigenvalue weighted by Gasteiger charge is 2.31. The maximum atomic E-state index is 9.73. The zero-order valence-corrected chi connectivity index (χ0v) is 11.9. The van der Waals surface area contributed by atoms with E-state index in [0.29, 0.717) is 11.7 Å². The first-order valence-corrected chi connectivity index (χ1v) is 7.70. The van der Waals surface area contributed by atoms with E-state index in [1.807, 2.05) is 0 Å². The summed E-state index contributed by atoms with van der Waals surface area (Å²) in [5, 5.41) is 13.1. The fourth-order valence-electron chi connectivity index (χ4n) is 3.07. The van der Waals surface area contributed by atoms with Crippen LogP contribution in [0.15, 0.2) is 6.07 Å². The first-order valence-electron chi connectivity index (χ1n) is 7.70. The number of anilines is 2. The fourth-order valence-corrected chi connectivity index (χ4v) is 3.07. The second kappa shape index (κ2) is 5.56. The Morgan fingerprint density at radius 2 is 2.00 bits per heavy atom. The van der Waals surface area contributed by atoms with Crippen molar-refractivity contribution in [1.82, 2.24) is 9.97 Å². The molecule has 0 amide bonds. The quantitative estimate of drug-likeness (QED) is 0.768. The number of nitrogens with two attached hydrogens (primary N) is 1. The van der Waals surface area contributed by atoms with Gasteiger partial charge in [0, 0.05) is 23.9 Å². The third-order valence-electron chi connectivity index (χ3n) is 4.60. The van der Waals surface area contributed by atoms with Crippen LogP contribution in [0.2, 0.25) is 0 Å². The molecule has 1 heterocycles. The van der Waals surface area contributed by atoms with Gasteiger partial charge in [-0.2, -0.15) is 0 Å². The number of rotatable bonds is 5. The average molecular weight is 276 g/mol. The molecule has 0 aromatic carbocycles. The first kappa shape index (κ1) is 13.6. The van der Waals surface area contributed by atoms with Crippen molar-refractivity contribution in [1.29, 1.82) is 0 Å². The van der Waals surface area contributed by atoms with Gasteiger partial charge in [0.1, 0.15) is 17.5 Å². The van der Waals surface area contributed by atoms with E-state index in [1.54, 1.807) is 6.07 Å². The predicted molar refractivity (Wildman–Crippen MR) is 79.5 cm³/mol. The first-order chi connectivity index (χ1) is 9.71. The van der Waals surface area contributed by atoms with E-state index in [4.69, 9.17) is 5.73 Å². The molecule has 0 aliphatic heterocycles. The Labute approximate surface area is 120 Å². The van der Waals surface area contributed by atoms with Crippen LogP contribution in [0, 0.1) is 5.41 Å². The topological polar surface area (TPSA) is 84.1 Å². The molecule has 2 aliphatic carbocycles. The summed E-state index contributed by atoms with van der Waals surface area (Å²) in [5.41, 5.74) is 5.87. The smallest absolute Gasteiger partial charge is 0.136 e. The minimum atomic E-state index is 0.0116. The van der Waals surface area contributed by atoms with Crippen molar-refractivity contribution in [3.8, 4) is 0 Å². The molecule has 2 fully saturated rings. The molecule has 0 saturated heterocycles. The van der Waals surface area contributed by atoms with E-state index < -0.39 is 0 Å². The maximum absolute atomic E-state index is 9.73. The number of nitrogen functional groups attached to an aromatic ring is 1. The molecule has 3 rings (SSSR count). The molecule has 0 unspecified atom stereocenters. The molecule has 1 aromatic heterocycles. The Morgan fingerprint density at radius 3 is 2.65 bits per heavy atom. The number of hydrogen-bond donors (Lipinski definition) is 3. The van der Waals surface area contributed by atoms with Crippen molar-refractivity contribution in [2.24, 2.45) is 5.41 Å². The highest BCUT2D eigenvalue weighted by molar-refractivity contribution is 5.45. The van der Waals surface area contributed by atoms with Crippen molar-refractivity contribution in [2.45, 2.75) is 50.9 Å². The Hall–Kier alpha value is -1.36. The summed E-state index contributed by atoms with van der Waals surface area (Å²) in [6, 6.07) is 1.79. The molecular formula is C15H24N4O. The van der Waals surface area contributed by atoms with Gasteiger partial charge in [-0.15, -0.1) is 0 Å². The lowest BCUT2D eigenvalue weighted by atomic mass is 9.74. The lowest BCUT2D eigenvalue weighted by Crippen LogP contribution is -2.35. The Bertz CT molecular complexity index is 467. The van der Waals surface area contributed by atoms with Gasteiger partial charge in [0.25, 0.3) is 0 Å². The van der Waals surface area contributed by atoms with Crippen molar-refractivity contribution < 1.29 is 5.11 Å². The van der Waals surface area contributed by atoms with Crippen LogP contribution < -0.4 is 11.1 Å². The molecule has 4 N–H and O–H groups in total. The number of aromatic nitrogens is 2. The second-order valence-corrected chi connectivity index (χ2v) is 6.38. The van der Waals surface area contributed by atoms with Crippen LogP contribution in [-0.2, 0) is 0 Å². The summed E-state index contributed by atoms with van der Waals surface area (Å²) in [6.07, 6.45) is 8.23. The zero-order valence-electron chi connectivity index (χ0n) is 11.9. The van der Waals surface area contributed by atoms with E-state index in [1.165, 1.54) is 32.1 Å². The van der Waals surface area contributed by atoms with Crippen LogP contribution in [0.25, 0.3) is 0 Å². The highest BCUT2D eigenvalue weighted by atomic mass is 16.3. The summed E-state index contributed by atoms with van der Waals surface area (Å²) in [5.74, 6) is 2.71. The minimum Gasteiger partial charge on any atom is -0.396 e. The maximum Gasteiger partial charge on any atom is 0.136 e. The molecule has 2 saturated carbocycles. The van der Waals surface area contributed by atoms with Gasteiger partial charge in [0.05, 0.1) is 6.61 Å². The van der Waals surface area contributed by atoms with Crippen molar-refractivity contribution in [3.63, 3.8) is 0 Å². The van der Waals surface area contributed by atoms with E-state index >= 15 is 0 Å². The van der Waals surface area contributed by atoms with Gasteiger partial charge in [0.15, 0.2) is 0 Å². The fraction of sp³-hybridized carbons (Fsp3) is 0.733. The van der Waals surface area contributed by atoms with Gasteiger partial charge < -0.3 is 16.2 Å². The number of nitrogens with one attached hydrogen (secondary N) is 1. The van der Waals surface area contributed by atoms with E-state index in [0.717, 1.165) is 31.0 Å². The number of aliphatic hydroxyl groups excluding tert-OH is 1. The summed E-state index contributed by atoms with van der Waals surface area (Å²) in [6.45, 7) is 1.01. The molecule has 5 nitrogen and oxygen atoms in total. The van der Waals surface area contributed by atoms with Gasteiger partial charge in [0.2, 0.25) is 0 Å². The molecule has 20 heavy (non-hydrogen) atoms. The molecule has 0 radical (unpaired) electrons. The Balaban J connectivity index is 1.67. The highest BCUT2D eigenvalue weighted by Crippen LogP contribution is 2.39. The lowest BCUT2D eigenvalue weighted by molar-refractivity contribution is 0.0943. The van der Waals surface area contributed by atoms with Crippen molar-refractivity contribution >= 4 is 11.6 Å². The van der Waals surface area contributed by atoms with Gasteiger partial charge in [-0.3, -0.25) is 0 Å². The number of nitrogens with zero attached hydrogens (tertiary/aromatic N) is 2. The van der Waals surface area contributed by atoms with Crippen LogP contribution in [0.1, 0.15) is 56.7 Å². The molecule has 2 aliphatic rings. The Kier molecular flexibility index (Phi) is 3.78. The van der Waals surface area contributed by atoms with Gasteiger partial charge >= 0.3 is 0 Å². The largest absolute Gasteiger partial charge is 0.396 e. The molecule has 0 bridgehead atoms. The Morgan fingerprint density at radius 1 is 1.25 bits per heavy atom. The van der Waals surface area contributed by atoms with Crippen molar-refractivity contribution in [2.75, 3.05) is 24.2 Å². The lowest BCUT2D eigenvalue weighted by Gasteiger charge is -2.35. The molecule has 0 spiro atoms. The molecule has 1 aromatic rings. The molecular weight excluding hydrogens is 252 g/mol. The SMILES string of the molecule is Nc1cc(NCC2(CO)CCCCC2)nc(C2CC2)n1. The zero-order chi connectivity index (χ0) is 14.0. The van der Waals surface area contributed by atoms with Crippen LogP contribution in [0.3, 0.4) is 0 Å². The third kappa shape index (κ3) is 3.03. The molecule has 5 heteroatoms. The predicted octanol–water partition coefficient (Wildman–Crippen LogP) is 2.29. The van der Waals surface area contributed by atoms with Gasteiger partial charge in [-0.05, 0) is 25.7 Å².